The molecule has 0 aromatic carbocycles. The molecule has 2 aliphatic heterocycles. The third kappa shape index (κ3) is 3.25. The van der Waals surface area contributed by atoms with Gasteiger partial charge in [-0.2, -0.15) is 0 Å². The number of nitrogens with one attached hydrogen (secondary N) is 1. The van der Waals surface area contributed by atoms with Crippen molar-refractivity contribution in [2.24, 2.45) is 23.7 Å². The number of fused-ring (bicyclic) bond motifs is 2. The Bertz CT molecular complexity index is 285. The first-order valence-corrected chi connectivity index (χ1v) is 7.48. The van der Waals surface area contributed by atoms with Gasteiger partial charge in [0.1, 0.15) is 0 Å². The van der Waals surface area contributed by atoms with E-state index in [9.17, 15) is 4.79 Å². The van der Waals surface area contributed by atoms with Crippen LogP contribution in [0.15, 0.2) is 0 Å². The molecular formula is C15H28N2O. The van der Waals surface area contributed by atoms with Crippen LogP contribution in [-0.4, -0.2) is 36.5 Å². The monoisotopic (exact) mass is 252 g/mol. The van der Waals surface area contributed by atoms with Gasteiger partial charge >= 0.3 is 0 Å². The van der Waals surface area contributed by atoms with Gasteiger partial charge in [-0.15, -0.1) is 0 Å². The van der Waals surface area contributed by atoms with Crippen LogP contribution in [0.2, 0.25) is 0 Å². The summed E-state index contributed by atoms with van der Waals surface area (Å²) in [5, 5.41) is 3.21. The average Bonchev–Trinajstić information content (AvgIpc) is 2.26. The van der Waals surface area contributed by atoms with Crippen LogP contribution in [0.25, 0.3) is 0 Å². The summed E-state index contributed by atoms with van der Waals surface area (Å²) in [7, 11) is 0. The van der Waals surface area contributed by atoms with Crippen molar-refractivity contribution < 1.29 is 4.79 Å². The van der Waals surface area contributed by atoms with E-state index in [1.807, 2.05) is 13.8 Å². The normalized spacial score (nSPS) is 29.2. The van der Waals surface area contributed by atoms with Crippen LogP contribution in [0.4, 0.5) is 0 Å². The summed E-state index contributed by atoms with van der Waals surface area (Å²) >= 11 is 0. The molecule has 18 heavy (non-hydrogen) atoms. The maximum atomic E-state index is 11.8. The lowest BCUT2D eigenvalue weighted by Crippen LogP contribution is -2.54. The molecule has 1 amide bonds. The number of nitrogens with zero attached hydrogens (tertiary/aromatic N) is 1. The molecule has 0 unspecified atom stereocenters. The van der Waals surface area contributed by atoms with Crippen molar-refractivity contribution in [1.29, 1.82) is 0 Å². The molecule has 0 aromatic heterocycles. The Balaban J connectivity index is 1.84. The van der Waals surface area contributed by atoms with Gasteiger partial charge in [0.15, 0.2) is 0 Å². The molecule has 1 N–H and O–H groups in total. The second-order valence-corrected chi connectivity index (χ2v) is 6.94. The summed E-state index contributed by atoms with van der Waals surface area (Å²) in [6.45, 7) is 11.9. The highest BCUT2D eigenvalue weighted by molar-refractivity contribution is 5.78. The zero-order valence-electron chi connectivity index (χ0n) is 12.3. The first-order chi connectivity index (χ1) is 8.45. The van der Waals surface area contributed by atoms with Crippen LogP contribution in [0.5, 0.6) is 0 Å². The predicted molar refractivity (Wildman–Crippen MR) is 74.3 cm³/mol. The molecule has 2 bridgehead atoms. The van der Waals surface area contributed by atoms with Gasteiger partial charge in [-0.1, -0.05) is 27.7 Å². The zero-order chi connectivity index (χ0) is 13.3. The quantitative estimate of drug-likeness (QED) is 0.813. The summed E-state index contributed by atoms with van der Waals surface area (Å²) < 4.78 is 0. The van der Waals surface area contributed by atoms with Gasteiger partial charge < -0.3 is 10.2 Å². The van der Waals surface area contributed by atoms with Gasteiger partial charge in [-0.25, -0.2) is 0 Å². The summed E-state index contributed by atoms with van der Waals surface area (Å²) in [4.78, 5) is 14.4. The maximum Gasteiger partial charge on any atom is 0.222 e. The largest absolute Gasteiger partial charge is 0.352 e. The second-order valence-electron chi connectivity index (χ2n) is 6.94. The fourth-order valence-corrected chi connectivity index (χ4v) is 3.18. The van der Waals surface area contributed by atoms with Crippen molar-refractivity contribution in [1.82, 2.24) is 10.2 Å². The first-order valence-electron chi connectivity index (χ1n) is 7.48. The van der Waals surface area contributed by atoms with Gasteiger partial charge in [-0.3, -0.25) is 4.79 Å². The van der Waals surface area contributed by atoms with Gasteiger partial charge in [-0.05, 0) is 30.6 Å². The number of hydrogen-bond acceptors (Lipinski definition) is 2. The van der Waals surface area contributed by atoms with Crippen LogP contribution in [0.3, 0.4) is 0 Å². The number of hydrogen-bond donors (Lipinski definition) is 1. The van der Waals surface area contributed by atoms with Crippen LogP contribution >= 0.6 is 0 Å². The highest BCUT2D eigenvalue weighted by atomic mass is 16.1. The molecule has 0 spiro atoms. The van der Waals surface area contributed by atoms with Crippen molar-refractivity contribution in [3.63, 3.8) is 0 Å². The number of carbonyl (C=O) groups excluding carboxylic acids is 1. The van der Waals surface area contributed by atoms with Crippen molar-refractivity contribution >= 4 is 5.91 Å². The fraction of sp³-hybridized carbons (Fsp3) is 0.933. The smallest absolute Gasteiger partial charge is 0.222 e. The molecular weight excluding hydrogens is 224 g/mol. The van der Waals surface area contributed by atoms with Crippen LogP contribution in [0.1, 0.15) is 40.5 Å². The molecule has 1 saturated carbocycles. The van der Waals surface area contributed by atoms with E-state index in [0.29, 0.717) is 12.0 Å². The molecule has 104 valence electrons. The third-order valence-corrected chi connectivity index (χ3v) is 4.48. The molecule has 2 heterocycles. The maximum absolute atomic E-state index is 11.8. The summed E-state index contributed by atoms with van der Waals surface area (Å²) in [6.07, 6.45) is 2.89. The minimum absolute atomic E-state index is 0.0843. The van der Waals surface area contributed by atoms with Crippen LogP contribution < -0.4 is 5.32 Å². The lowest BCUT2D eigenvalue weighted by molar-refractivity contribution is -0.125. The Morgan fingerprint density at radius 2 is 1.72 bits per heavy atom. The third-order valence-electron chi connectivity index (χ3n) is 4.48. The zero-order valence-corrected chi connectivity index (χ0v) is 12.3. The Morgan fingerprint density at radius 1 is 1.17 bits per heavy atom. The molecule has 1 aliphatic carbocycles. The molecule has 3 aliphatic rings. The van der Waals surface area contributed by atoms with Crippen molar-refractivity contribution in [2.45, 2.75) is 46.6 Å². The topological polar surface area (TPSA) is 32.3 Å². The van der Waals surface area contributed by atoms with Crippen molar-refractivity contribution in [3.8, 4) is 0 Å². The van der Waals surface area contributed by atoms with E-state index in [1.165, 1.54) is 25.9 Å². The molecule has 3 fully saturated rings. The fourth-order valence-electron chi connectivity index (χ4n) is 3.18. The van der Waals surface area contributed by atoms with E-state index < -0.39 is 0 Å². The number of carbonyl (C=O) groups is 1. The van der Waals surface area contributed by atoms with E-state index >= 15 is 0 Å². The highest BCUT2D eigenvalue weighted by Gasteiger charge is 2.37. The molecule has 3 heteroatoms. The first kappa shape index (κ1) is 13.9. The minimum Gasteiger partial charge on any atom is -0.352 e. The van der Waals surface area contributed by atoms with E-state index in [0.717, 1.165) is 18.4 Å². The molecule has 0 aromatic rings. The lowest BCUT2D eigenvalue weighted by Gasteiger charge is -2.48. The van der Waals surface area contributed by atoms with Gasteiger partial charge in [0.05, 0.1) is 0 Å². The van der Waals surface area contributed by atoms with Crippen molar-refractivity contribution in [3.05, 3.63) is 0 Å². The second kappa shape index (κ2) is 5.60. The Kier molecular flexibility index (Phi) is 4.31. The number of rotatable bonds is 5. The Hall–Kier alpha value is -0.570. The molecule has 1 atom stereocenters. The molecule has 0 radical (unpaired) electrons. The molecule has 3 rings (SSSR count). The highest BCUT2D eigenvalue weighted by Crippen LogP contribution is 2.39. The standard InChI is InChI=1S/C15H28N2O/c1-10(2)14(16-15(18)11(3)4)9-17-7-12-5-13(6-12)8-17/h10-14H,5-9H2,1-4H3,(H,16,18)/t12?,13?,14-/m1/s1. The van der Waals surface area contributed by atoms with Gasteiger partial charge in [0, 0.05) is 31.6 Å². The van der Waals surface area contributed by atoms with Gasteiger partial charge in [0.25, 0.3) is 0 Å². The predicted octanol–water partition coefficient (Wildman–Crippen LogP) is 2.12. The number of amides is 1. The Morgan fingerprint density at radius 3 is 2.17 bits per heavy atom. The van der Waals surface area contributed by atoms with E-state index in [-0.39, 0.29) is 11.8 Å². The van der Waals surface area contributed by atoms with E-state index in [2.05, 4.69) is 24.1 Å². The van der Waals surface area contributed by atoms with Crippen molar-refractivity contribution in [2.75, 3.05) is 19.6 Å². The summed E-state index contributed by atoms with van der Waals surface area (Å²) in [5.74, 6) is 2.66. The SMILES string of the molecule is CC(C)C(=O)N[C@H](CN1CC2CC(C2)C1)C(C)C. The Labute approximate surface area is 111 Å². The summed E-state index contributed by atoms with van der Waals surface area (Å²) in [5.41, 5.74) is 0. The van der Waals surface area contributed by atoms with E-state index in [1.54, 1.807) is 0 Å². The minimum atomic E-state index is 0.0843. The lowest BCUT2D eigenvalue weighted by atomic mass is 9.71. The van der Waals surface area contributed by atoms with E-state index in [4.69, 9.17) is 0 Å². The average molecular weight is 252 g/mol. The van der Waals surface area contributed by atoms with Crippen LogP contribution in [-0.2, 0) is 4.79 Å². The molecule has 2 saturated heterocycles. The number of piperidine rings is 2. The van der Waals surface area contributed by atoms with Gasteiger partial charge in [0.2, 0.25) is 5.91 Å². The molecule has 3 nitrogen and oxygen atoms in total. The summed E-state index contributed by atoms with van der Waals surface area (Å²) in [6, 6.07) is 0.303. The van der Waals surface area contributed by atoms with Crippen LogP contribution in [0, 0.1) is 23.7 Å².